The average Bonchev–Trinajstić information content (AvgIpc) is 2.70. The lowest BCUT2D eigenvalue weighted by atomic mass is 10.1. The van der Waals surface area contributed by atoms with Gasteiger partial charge in [-0.1, -0.05) is 29.3 Å². The van der Waals surface area contributed by atoms with E-state index in [9.17, 15) is 0 Å². The number of nitrogen functional groups attached to an aromatic ring is 1. The summed E-state index contributed by atoms with van der Waals surface area (Å²) >= 11 is 3.49. The number of hydrogen-bond donors (Lipinski definition) is 1. The molecular formula is C12H17BrN2. The Morgan fingerprint density at radius 1 is 1.53 bits per heavy atom. The van der Waals surface area contributed by atoms with Gasteiger partial charge in [-0.15, -0.1) is 0 Å². The zero-order chi connectivity index (χ0) is 10.8. The van der Waals surface area contributed by atoms with Crippen molar-refractivity contribution in [2.75, 3.05) is 23.7 Å². The van der Waals surface area contributed by atoms with Crippen LogP contribution < -0.4 is 10.6 Å². The number of halogens is 1. The first-order chi connectivity index (χ1) is 7.20. The standard InChI is InChI=1S/C12H17BrN2/c1-2-9-5-6-15(8-9)12-7-10(13)3-4-11(12)14/h3-4,7,9H,2,5-6,8,14H2,1H3. The van der Waals surface area contributed by atoms with Crippen LogP contribution in [0.4, 0.5) is 11.4 Å². The first kappa shape index (κ1) is 10.8. The third-order valence-electron chi connectivity index (χ3n) is 3.20. The predicted octanol–water partition coefficient (Wildman–Crippen LogP) is 3.27. The Labute approximate surface area is 99.6 Å². The highest BCUT2D eigenvalue weighted by atomic mass is 79.9. The molecule has 1 heterocycles. The first-order valence-electron chi connectivity index (χ1n) is 5.50. The number of rotatable bonds is 2. The topological polar surface area (TPSA) is 29.3 Å². The summed E-state index contributed by atoms with van der Waals surface area (Å²) in [7, 11) is 0. The molecule has 1 aliphatic heterocycles. The van der Waals surface area contributed by atoms with Crippen molar-refractivity contribution in [2.24, 2.45) is 5.92 Å². The van der Waals surface area contributed by atoms with Crippen molar-refractivity contribution < 1.29 is 0 Å². The quantitative estimate of drug-likeness (QED) is 0.835. The van der Waals surface area contributed by atoms with Crippen molar-refractivity contribution in [1.82, 2.24) is 0 Å². The molecule has 2 nitrogen and oxygen atoms in total. The highest BCUT2D eigenvalue weighted by molar-refractivity contribution is 9.10. The summed E-state index contributed by atoms with van der Waals surface area (Å²) in [5.41, 5.74) is 8.06. The lowest BCUT2D eigenvalue weighted by Crippen LogP contribution is -2.20. The molecule has 0 spiro atoms. The molecule has 0 bridgehead atoms. The lowest BCUT2D eigenvalue weighted by molar-refractivity contribution is 0.569. The summed E-state index contributed by atoms with van der Waals surface area (Å²) < 4.78 is 1.10. The van der Waals surface area contributed by atoms with Crippen LogP contribution in [0.25, 0.3) is 0 Å². The number of nitrogens with zero attached hydrogens (tertiary/aromatic N) is 1. The fourth-order valence-electron chi connectivity index (χ4n) is 2.18. The van der Waals surface area contributed by atoms with Crippen LogP contribution in [0.15, 0.2) is 22.7 Å². The van der Waals surface area contributed by atoms with Crippen molar-refractivity contribution in [3.8, 4) is 0 Å². The summed E-state index contributed by atoms with van der Waals surface area (Å²) in [5.74, 6) is 0.836. The Morgan fingerprint density at radius 3 is 3.00 bits per heavy atom. The highest BCUT2D eigenvalue weighted by Gasteiger charge is 2.22. The number of nitrogens with two attached hydrogens (primary N) is 1. The minimum Gasteiger partial charge on any atom is -0.397 e. The van der Waals surface area contributed by atoms with Crippen LogP contribution in [0.5, 0.6) is 0 Å². The normalized spacial score (nSPS) is 20.9. The number of anilines is 2. The van der Waals surface area contributed by atoms with Crippen LogP contribution in [-0.4, -0.2) is 13.1 Å². The molecule has 2 N–H and O–H groups in total. The molecule has 1 fully saturated rings. The van der Waals surface area contributed by atoms with E-state index in [0.29, 0.717) is 0 Å². The van der Waals surface area contributed by atoms with Crippen molar-refractivity contribution in [1.29, 1.82) is 0 Å². The van der Waals surface area contributed by atoms with Crippen molar-refractivity contribution in [3.05, 3.63) is 22.7 Å². The van der Waals surface area contributed by atoms with Crippen LogP contribution in [0, 0.1) is 5.92 Å². The maximum Gasteiger partial charge on any atom is 0.0611 e. The molecule has 0 radical (unpaired) electrons. The molecule has 1 atom stereocenters. The largest absolute Gasteiger partial charge is 0.397 e. The fraction of sp³-hybridized carbons (Fsp3) is 0.500. The van der Waals surface area contributed by atoms with Gasteiger partial charge in [-0.25, -0.2) is 0 Å². The van der Waals surface area contributed by atoms with Crippen LogP contribution in [0.3, 0.4) is 0 Å². The van der Waals surface area contributed by atoms with E-state index < -0.39 is 0 Å². The molecule has 1 unspecified atom stereocenters. The SMILES string of the molecule is CCC1CCN(c2cc(Br)ccc2N)C1. The molecule has 15 heavy (non-hydrogen) atoms. The van der Waals surface area contributed by atoms with Gasteiger partial charge in [0.2, 0.25) is 0 Å². The maximum atomic E-state index is 5.99. The molecular weight excluding hydrogens is 252 g/mol. The summed E-state index contributed by atoms with van der Waals surface area (Å²) in [6.45, 7) is 4.55. The van der Waals surface area contributed by atoms with E-state index in [1.165, 1.54) is 18.5 Å². The van der Waals surface area contributed by atoms with Gasteiger partial charge >= 0.3 is 0 Å². The molecule has 0 saturated carbocycles. The maximum absolute atomic E-state index is 5.99. The second-order valence-electron chi connectivity index (χ2n) is 4.21. The third kappa shape index (κ3) is 2.28. The van der Waals surface area contributed by atoms with E-state index >= 15 is 0 Å². The van der Waals surface area contributed by atoms with E-state index in [1.807, 2.05) is 12.1 Å². The molecule has 1 aromatic rings. The molecule has 0 aliphatic carbocycles. The van der Waals surface area contributed by atoms with E-state index in [2.05, 4.69) is 33.8 Å². The average molecular weight is 269 g/mol. The minimum absolute atomic E-state index is 0.836. The van der Waals surface area contributed by atoms with Crippen molar-refractivity contribution >= 4 is 27.3 Å². The van der Waals surface area contributed by atoms with Gasteiger partial charge in [0, 0.05) is 17.6 Å². The smallest absolute Gasteiger partial charge is 0.0611 e. The van der Waals surface area contributed by atoms with Crippen molar-refractivity contribution in [2.45, 2.75) is 19.8 Å². The second-order valence-corrected chi connectivity index (χ2v) is 5.13. The van der Waals surface area contributed by atoms with Gasteiger partial charge in [0.15, 0.2) is 0 Å². The summed E-state index contributed by atoms with van der Waals surface area (Å²) in [6.07, 6.45) is 2.56. The van der Waals surface area contributed by atoms with Crippen LogP contribution in [0.1, 0.15) is 19.8 Å². The van der Waals surface area contributed by atoms with E-state index in [-0.39, 0.29) is 0 Å². The van der Waals surface area contributed by atoms with Gasteiger partial charge in [0.1, 0.15) is 0 Å². The van der Waals surface area contributed by atoms with Crippen LogP contribution in [-0.2, 0) is 0 Å². The molecule has 1 saturated heterocycles. The predicted molar refractivity (Wildman–Crippen MR) is 69.2 cm³/mol. The van der Waals surface area contributed by atoms with Gasteiger partial charge in [-0.05, 0) is 30.5 Å². The van der Waals surface area contributed by atoms with E-state index in [4.69, 9.17) is 5.73 Å². The van der Waals surface area contributed by atoms with Gasteiger partial charge in [0.05, 0.1) is 11.4 Å². The van der Waals surface area contributed by atoms with Crippen molar-refractivity contribution in [3.63, 3.8) is 0 Å². The highest BCUT2D eigenvalue weighted by Crippen LogP contribution is 2.32. The van der Waals surface area contributed by atoms with Gasteiger partial charge in [-0.3, -0.25) is 0 Å². The fourth-order valence-corrected chi connectivity index (χ4v) is 2.52. The monoisotopic (exact) mass is 268 g/mol. The molecule has 3 heteroatoms. The second kappa shape index (κ2) is 4.44. The minimum atomic E-state index is 0.836. The molecule has 2 rings (SSSR count). The van der Waals surface area contributed by atoms with Gasteiger partial charge < -0.3 is 10.6 Å². The number of hydrogen-bond acceptors (Lipinski definition) is 2. The van der Waals surface area contributed by atoms with E-state index in [1.54, 1.807) is 0 Å². The summed E-state index contributed by atoms with van der Waals surface area (Å²) in [5, 5.41) is 0. The summed E-state index contributed by atoms with van der Waals surface area (Å²) in [6, 6.07) is 6.08. The summed E-state index contributed by atoms with van der Waals surface area (Å²) in [4.78, 5) is 2.40. The van der Waals surface area contributed by atoms with E-state index in [0.717, 1.165) is 29.2 Å². The Morgan fingerprint density at radius 2 is 2.33 bits per heavy atom. The molecule has 0 aromatic heterocycles. The third-order valence-corrected chi connectivity index (χ3v) is 3.69. The van der Waals surface area contributed by atoms with Crippen LogP contribution >= 0.6 is 15.9 Å². The Balaban J connectivity index is 2.19. The molecule has 0 amide bonds. The zero-order valence-corrected chi connectivity index (χ0v) is 10.6. The zero-order valence-electron chi connectivity index (χ0n) is 9.04. The van der Waals surface area contributed by atoms with Gasteiger partial charge in [-0.2, -0.15) is 0 Å². The van der Waals surface area contributed by atoms with Crippen LogP contribution in [0.2, 0.25) is 0 Å². The first-order valence-corrected chi connectivity index (χ1v) is 6.30. The van der Waals surface area contributed by atoms with Gasteiger partial charge in [0.25, 0.3) is 0 Å². The molecule has 82 valence electrons. The Kier molecular flexibility index (Phi) is 3.19. The molecule has 1 aliphatic rings. The Bertz CT molecular complexity index is 351. The Hall–Kier alpha value is -0.700. The number of benzene rings is 1. The lowest BCUT2D eigenvalue weighted by Gasteiger charge is -2.20. The molecule has 1 aromatic carbocycles.